The number of hydrogen-bond acceptors (Lipinski definition) is 3. The smallest absolute Gasteiger partial charge is 0.122 e. The summed E-state index contributed by atoms with van der Waals surface area (Å²) in [7, 11) is 0. The molecular formula is C15H17NO2. The number of para-hydroxylation sites is 1. The first kappa shape index (κ1) is 11.4. The molecule has 2 N–H and O–H groups in total. The lowest BCUT2D eigenvalue weighted by Crippen LogP contribution is -2.43. The van der Waals surface area contributed by atoms with Crippen molar-refractivity contribution in [2.45, 2.75) is 12.8 Å². The van der Waals surface area contributed by atoms with Gasteiger partial charge in [0.15, 0.2) is 0 Å². The molecule has 1 aliphatic rings. The molecule has 0 spiro atoms. The summed E-state index contributed by atoms with van der Waals surface area (Å²) in [5, 5.41) is 0. The fourth-order valence-electron chi connectivity index (χ4n) is 2.62. The molecule has 0 fully saturated rings. The summed E-state index contributed by atoms with van der Waals surface area (Å²) in [6.45, 7) is 1.29. The van der Waals surface area contributed by atoms with Crippen molar-refractivity contribution in [3.05, 3.63) is 54.0 Å². The van der Waals surface area contributed by atoms with Gasteiger partial charge in [-0.15, -0.1) is 0 Å². The Balaban J connectivity index is 1.86. The first-order chi connectivity index (χ1) is 8.81. The van der Waals surface area contributed by atoms with E-state index in [-0.39, 0.29) is 5.41 Å². The number of benzene rings is 1. The Labute approximate surface area is 107 Å². The minimum Gasteiger partial charge on any atom is -0.493 e. The SMILES string of the molecule is NCC1(Cc2ccoc2)COc2ccccc2C1. The normalized spacial score (nSPS) is 22.3. The lowest BCUT2D eigenvalue weighted by molar-refractivity contribution is 0.126. The van der Waals surface area contributed by atoms with Crippen LogP contribution >= 0.6 is 0 Å². The molecule has 18 heavy (non-hydrogen) atoms. The molecule has 2 heterocycles. The van der Waals surface area contributed by atoms with Crippen LogP contribution in [0.25, 0.3) is 0 Å². The molecule has 0 saturated carbocycles. The van der Waals surface area contributed by atoms with Crippen LogP contribution in [0.4, 0.5) is 0 Å². The van der Waals surface area contributed by atoms with E-state index in [9.17, 15) is 0 Å². The van der Waals surface area contributed by atoms with Crippen LogP contribution in [-0.2, 0) is 12.8 Å². The average molecular weight is 243 g/mol. The molecule has 1 unspecified atom stereocenters. The van der Waals surface area contributed by atoms with Crippen molar-refractivity contribution in [2.75, 3.05) is 13.2 Å². The summed E-state index contributed by atoms with van der Waals surface area (Å²) in [6, 6.07) is 10.2. The predicted octanol–water partition coefficient (Wildman–Crippen LogP) is 2.40. The number of rotatable bonds is 3. The molecule has 0 amide bonds. The Kier molecular flexibility index (Phi) is 2.84. The van der Waals surface area contributed by atoms with E-state index in [2.05, 4.69) is 6.07 Å². The molecule has 94 valence electrons. The molecule has 1 atom stereocenters. The number of hydrogen-bond donors (Lipinski definition) is 1. The topological polar surface area (TPSA) is 48.4 Å². The van der Waals surface area contributed by atoms with Gasteiger partial charge in [-0.2, -0.15) is 0 Å². The molecule has 3 heteroatoms. The van der Waals surface area contributed by atoms with Gasteiger partial charge < -0.3 is 14.9 Å². The Morgan fingerprint density at radius 1 is 1.22 bits per heavy atom. The minimum absolute atomic E-state index is 0.0156. The highest BCUT2D eigenvalue weighted by Gasteiger charge is 2.35. The molecule has 1 aromatic heterocycles. The van der Waals surface area contributed by atoms with Crippen LogP contribution in [0.3, 0.4) is 0 Å². The van der Waals surface area contributed by atoms with Gasteiger partial charge in [0.05, 0.1) is 19.1 Å². The van der Waals surface area contributed by atoms with Gasteiger partial charge in [0.2, 0.25) is 0 Å². The van der Waals surface area contributed by atoms with Crippen LogP contribution in [-0.4, -0.2) is 13.2 Å². The first-order valence-corrected chi connectivity index (χ1v) is 6.23. The predicted molar refractivity (Wildman–Crippen MR) is 69.5 cm³/mol. The van der Waals surface area contributed by atoms with E-state index in [1.807, 2.05) is 24.3 Å². The zero-order chi connectivity index (χ0) is 12.4. The average Bonchev–Trinajstić information content (AvgIpc) is 2.91. The van der Waals surface area contributed by atoms with Gasteiger partial charge in [-0.05, 0) is 36.1 Å². The van der Waals surface area contributed by atoms with Crippen molar-refractivity contribution in [3.8, 4) is 5.75 Å². The molecular weight excluding hydrogens is 226 g/mol. The second kappa shape index (κ2) is 4.50. The van der Waals surface area contributed by atoms with Gasteiger partial charge in [0.1, 0.15) is 5.75 Å². The maximum atomic E-state index is 6.00. The maximum absolute atomic E-state index is 6.00. The Morgan fingerprint density at radius 2 is 2.11 bits per heavy atom. The van der Waals surface area contributed by atoms with E-state index in [4.69, 9.17) is 14.9 Å². The monoisotopic (exact) mass is 243 g/mol. The van der Waals surface area contributed by atoms with E-state index < -0.39 is 0 Å². The summed E-state index contributed by atoms with van der Waals surface area (Å²) >= 11 is 0. The number of ether oxygens (including phenoxy) is 1. The van der Waals surface area contributed by atoms with Gasteiger partial charge in [-0.25, -0.2) is 0 Å². The summed E-state index contributed by atoms with van der Waals surface area (Å²) in [5.74, 6) is 0.994. The fourth-order valence-corrected chi connectivity index (χ4v) is 2.62. The van der Waals surface area contributed by atoms with Crippen molar-refractivity contribution >= 4 is 0 Å². The fraction of sp³-hybridized carbons (Fsp3) is 0.333. The quantitative estimate of drug-likeness (QED) is 0.900. The van der Waals surface area contributed by atoms with Crippen molar-refractivity contribution in [3.63, 3.8) is 0 Å². The van der Waals surface area contributed by atoms with E-state index in [1.165, 1.54) is 11.1 Å². The summed E-state index contributed by atoms with van der Waals surface area (Å²) in [4.78, 5) is 0. The third-order valence-electron chi connectivity index (χ3n) is 3.66. The van der Waals surface area contributed by atoms with Crippen LogP contribution < -0.4 is 10.5 Å². The Bertz CT molecular complexity index is 521. The van der Waals surface area contributed by atoms with Gasteiger partial charge in [0.25, 0.3) is 0 Å². The summed E-state index contributed by atoms with van der Waals surface area (Å²) in [5.41, 5.74) is 8.42. The molecule has 0 bridgehead atoms. The number of fused-ring (bicyclic) bond motifs is 1. The van der Waals surface area contributed by atoms with Crippen molar-refractivity contribution in [1.82, 2.24) is 0 Å². The van der Waals surface area contributed by atoms with Gasteiger partial charge >= 0.3 is 0 Å². The maximum Gasteiger partial charge on any atom is 0.122 e. The lowest BCUT2D eigenvalue weighted by Gasteiger charge is -2.36. The molecule has 3 rings (SSSR count). The van der Waals surface area contributed by atoms with Crippen LogP contribution in [0.15, 0.2) is 47.3 Å². The lowest BCUT2D eigenvalue weighted by atomic mass is 9.76. The second-order valence-corrected chi connectivity index (χ2v) is 5.09. The third-order valence-corrected chi connectivity index (χ3v) is 3.66. The molecule has 2 aromatic rings. The van der Waals surface area contributed by atoms with Gasteiger partial charge in [-0.3, -0.25) is 0 Å². The highest BCUT2D eigenvalue weighted by Crippen LogP contribution is 2.36. The van der Waals surface area contributed by atoms with Gasteiger partial charge in [0, 0.05) is 12.0 Å². The van der Waals surface area contributed by atoms with Crippen LogP contribution in [0.5, 0.6) is 5.75 Å². The number of furan rings is 1. The largest absolute Gasteiger partial charge is 0.493 e. The molecule has 0 saturated heterocycles. The Morgan fingerprint density at radius 3 is 2.89 bits per heavy atom. The zero-order valence-corrected chi connectivity index (χ0v) is 10.3. The van der Waals surface area contributed by atoms with E-state index >= 15 is 0 Å². The summed E-state index contributed by atoms with van der Waals surface area (Å²) in [6.07, 6.45) is 5.36. The highest BCUT2D eigenvalue weighted by molar-refractivity contribution is 5.36. The molecule has 1 aromatic carbocycles. The number of nitrogens with two attached hydrogens (primary N) is 1. The van der Waals surface area contributed by atoms with E-state index in [0.29, 0.717) is 13.2 Å². The molecule has 3 nitrogen and oxygen atoms in total. The molecule has 0 radical (unpaired) electrons. The van der Waals surface area contributed by atoms with Crippen LogP contribution in [0.2, 0.25) is 0 Å². The Hall–Kier alpha value is -1.74. The third kappa shape index (κ3) is 2.02. The van der Waals surface area contributed by atoms with E-state index in [1.54, 1.807) is 12.5 Å². The first-order valence-electron chi connectivity index (χ1n) is 6.23. The van der Waals surface area contributed by atoms with E-state index in [0.717, 1.165) is 18.6 Å². The van der Waals surface area contributed by atoms with Crippen molar-refractivity contribution < 1.29 is 9.15 Å². The zero-order valence-electron chi connectivity index (χ0n) is 10.3. The van der Waals surface area contributed by atoms with Crippen molar-refractivity contribution in [2.24, 2.45) is 11.1 Å². The van der Waals surface area contributed by atoms with Crippen LogP contribution in [0.1, 0.15) is 11.1 Å². The molecule has 0 aliphatic carbocycles. The highest BCUT2D eigenvalue weighted by atomic mass is 16.5. The van der Waals surface area contributed by atoms with Gasteiger partial charge in [-0.1, -0.05) is 18.2 Å². The summed E-state index contributed by atoms with van der Waals surface area (Å²) < 4.78 is 11.0. The second-order valence-electron chi connectivity index (χ2n) is 5.09. The minimum atomic E-state index is -0.0156. The van der Waals surface area contributed by atoms with Crippen molar-refractivity contribution in [1.29, 1.82) is 0 Å². The molecule has 1 aliphatic heterocycles. The van der Waals surface area contributed by atoms with Crippen LogP contribution in [0, 0.1) is 5.41 Å². The standard InChI is InChI=1S/C15H17NO2/c16-10-15(7-12-5-6-17-9-12)8-13-3-1-2-4-14(13)18-11-15/h1-6,9H,7-8,10-11,16H2.